The molecule has 1 aliphatic heterocycles. The molecule has 0 unspecified atom stereocenters. The first-order chi connectivity index (χ1) is 9.86. The molecule has 1 fully saturated rings. The number of rotatable bonds is 3. The van der Waals surface area contributed by atoms with Gasteiger partial charge in [0.2, 0.25) is 5.88 Å². The number of aromatic nitrogens is 2. The molecule has 104 valence electrons. The molecule has 0 atom stereocenters. The molecular formula is C15H18N4O. The first-order valence-electron chi connectivity index (χ1n) is 6.80. The number of anilines is 1. The Balaban J connectivity index is 1.77. The summed E-state index contributed by atoms with van der Waals surface area (Å²) in [5.74, 6) is 0.534. The Bertz CT molecular complexity index is 547. The fourth-order valence-electron chi connectivity index (χ4n) is 2.35. The molecule has 0 saturated carbocycles. The molecule has 1 N–H and O–H groups in total. The van der Waals surface area contributed by atoms with Crippen LogP contribution in [0.15, 0.2) is 36.4 Å². The van der Waals surface area contributed by atoms with Crippen LogP contribution < -0.4 is 15.0 Å². The maximum absolute atomic E-state index is 5.02. The fourth-order valence-corrected chi connectivity index (χ4v) is 2.35. The lowest BCUT2D eigenvalue weighted by atomic mass is 10.1. The summed E-state index contributed by atoms with van der Waals surface area (Å²) in [4.78, 5) is 2.39. The van der Waals surface area contributed by atoms with Crippen molar-refractivity contribution in [2.75, 3.05) is 38.2 Å². The number of piperazine rings is 1. The number of hydrogen-bond donors (Lipinski definition) is 1. The molecule has 0 radical (unpaired) electrons. The van der Waals surface area contributed by atoms with Crippen LogP contribution in [0.5, 0.6) is 5.88 Å². The van der Waals surface area contributed by atoms with Gasteiger partial charge in [-0.05, 0) is 18.2 Å². The van der Waals surface area contributed by atoms with Gasteiger partial charge in [0.25, 0.3) is 0 Å². The van der Waals surface area contributed by atoms with Crippen molar-refractivity contribution < 1.29 is 4.74 Å². The van der Waals surface area contributed by atoms with Gasteiger partial charge >= 0.3 is 0 Å². The van der Waals surface area contributed by atoms with Crippen molar-refractivity contribution in [3.63, 3.8) is 0 Å². The molecule has 1 saturated heterocycles. The highest BCUT2D eigenvalue weighted by molar-refractivity contribution is 5.63. The van der Waals surface area contributed by atoms with Crippen LogP contribution in [0.25, 0.3) is 11.3 Å². The van der Waals surface area contributed by atoms with E-state index in [1.807, 2.05) is 12.1 Å². The summed E-state index contributed by atoms with van der Waals surface area (Å²) in [5.41, 5.74) is 3.19. The number of hydrogen-bond acceptors (Lipinski definition) is 5. The van der Waals surface area contributed by atoms with Crippen LogP contribution in [0, 0.1) is 0 Å². The minimum atomic E-state index is 0.534. The van der Waals surface area contributed by atoms with Crippen LogP contribution in [0.4, 0.5) is 5.69 Å². The summed E-state index contributed by atoms with van der Waals surface area (Å²) in [6.07, 6.45) is 0. The van der Waals surface area contributed by atoms with Crippen molar-refractivity contribution in [2.45, 2.75) is 0 Å². The fraction of sp³-hybridized carbons (Fsp3) is 0.333. The average Bonchev–Trinajstić information content (AvgIpc) is 2.56. The third-order valence-corrected chi connectivity index (χ3v) is 3.49. The average molecular weight is 270 g/mol. The zero-order chi connectivity index (χ0) is 13.8. The number of nitrogens with zero attached hydrogens (tertiary/aromatic N) is 3. The molecule has 3 rings (SSSR count). The molecule has 1 aromatic carbocycles. The van der Waals surface area contributed by atoms with Crippen LogP contribution in [-0.2, 0) is 0 Å². The lowest BCUT2D eigenvalue weighted by molar-refractivity contribution is 0.392. The summed E-state index contributed by atoms with van der Waals surface area (Å²) in [6, 6.07) is 12.2. The standard InChI is InChI=1S/C15H18N4O/c1-20-15-7-6-14(17-18-15)12-2-4-13(5-3-12)19-10-8-16-9-11-19/h2-7,16H,8-11H2,1H3. The van der Waals surface area contributed by atoms with E-state index in [1.54, 1.807) is 7.11 Å². The second-order valence-electron chi connectivity index (χ2n) is 4.74. The Morgan fingerprint density at radius 3 is 2.35 bits per heavy atom. The number of benzene rings is 1. The SMILES string of the molecule is COc1ccc(-c2ccc(N3CCNCC3)cc2)nn1. The number of methoxy groups -OCH3 is 1. The summed E-state index contributed by atoms with van der Waals surface area (Å²) < 4.78 is 5.02. The van der Waals surface area contributed by atoms with Crippen LogP contribution in [0.2, 0.25) is 0 Å². The predicted molar refractivity (Wildman–Crippen MR) is 79.1 cm³/mol. The number of nitrogens with one attached hydrogen (secondary N) is 1. The monoisotopic (exact) mass is 270 g/mol. The third kappa shape index (κ3) is 2.72. The van der Waals surface area contributed by atoms with Gasteiger partial charge in [0.15, 0.2) is 0 Å². The maximum atomic E-state index is 5.02. The Morgan fingerprint density at radius 1 is 1.00 bits per heavy atom. The van der Waals surface area contributed by atoms with Crippen molar-refractivity contribution in [1.29, 1.82) is 0 Å². The molecule has 20 heavy (non-hydrogen) atoms. The number of ether oxygens (including phenoxy) is 1. The van der Waals surface area contributed by atoms with Crippen LogP contribution in [0.1, 0.15) is 0 Å². The van der Waals surface area contributed by atoms with Crippen molar-refractivity contribution in [2.24, 2.45) is 0 Å². The normalized spacial score (nSPS) is 15.2. The summed E-state index contributed by atoms with van der Waals surface area (Å²) in [5, 5.41) is 11.5. The van der Waals surface area contributed by atoms with Crippen LogP contribution in [0.3, 0.4) is 0 Å². The zero-order valence-electron chi connectivity index (χ0n) is 11.5. The molecule has 0 bridgehead atoms. The quantitative estimate of drug-likeness (QED) is 0.917. The minimum absolute atomic E-state index is 0.534. The van der Waals surface area contributed by atoms with Gasteiger partial charge in [-0.1, -0.05) is 12.1 Å². The molecule has 5 nitrogen and oxygen atoms in total. The van der Waals surface area contributed by atoms with E-state index in [2.05, 4.69) is 44.7 Å². The molecule has 0 spiro atoms. The smallest absolute Gasteiger partial charge is 0.233 e. The highest BCUT2D eigenvalue weighted by Crippen LogP contribution is 2.22. The molecule has 5 heteroatoms. The Morgan fingerprint density at radius 2 is 1.75 bits per heavy atom. The van der Waals surface area contributed by atoms with E-state index >= 15 is 0 Å². The van der Waals surface area contributed by atoms with E-state index in [1.165, 1.54) is 5.69 Å². The molecule has 2 heterocycles. The van der Waals surface area contributed by atoms with Gasteiger partial charge in [0, 0.05) is 43.5 Å². The summed E-state index contributed by atoms with van der Waals surface area (Å²) in [7, 11) is 1.59. The highest BCUT2D eigenvalue weighted by atomic mass is 16.5. The van der Waals surface area contributed by atoms with Gasteiger partial charge in [-0.25, -0.2) is 0 Å². The van der Waals surface area contributed by atoms with Crippen molar-refractivity contribution in [1.82, 2.24) is 15.5 Å². The topological polar surface area (TPSA) is 50.3 Å². The third-order valence-electron chi connectivity index (χ3n) is 3.49. The van der Waals surface area contributed by atoms with E-state index in [0.29, 0.717) is 5.88 Å². The zero-order valence-corrected chi connectivity index (χ0v) is 11.5. The Labute approximate surface area is 118 Å². The van der Waals surface area contributed by atoms with Gasteiger partial charge in [0.1, 0.15) is 0 Å². The molecule has 0 aliphatic carbocycles. The summed E-state index contributed by atoms with van der Waals surface area (Å²) >= 11 is 0. The minimum Gasteiger partial charge on any atom is -0.480 e. The maximum Gasteiger partial charge on any atom is 0.233 e. The van der Waals surface area contributed by atoms with Crippen molar-refractivity contribution in [3.8, 4) is 17.1 Å². The van der Waals surface area contributed by atoms with E-state index in [-0.39, 0.29) is 0 Å². The highest BCUT2D eigenvalue weighted by Gasteiger charge is 2.10. The predicted octanol–water partition coefficient (Wildman–Crippen LogP) is 1.56. The molecule has 0 amide bonds. The van der Waals surface area contributed by atoms with Crippen LogP contribution >= 0.6 is 0 Å². The Kier molecular flexibility index (Phi) is 3.78. The lowest BCUT2D eigenvalue weighted by Crippen LogP contribution is -2.43. The van der Waals surface area contributed by atoms with Crippen molar-refractivity contribution in [3.05, 3.63) is 36.4 Å². The Hall–Kier alpha value is -2.14. The van der Waals surface area contributed by atoms with E-state index < -0.39 is 0 Å². The molecular weight excluding hydrogens is 252 g/mol. The first kappa shape index (κ1) is 12.9. The van der Waals surface area contributed by atoms with Crippen LogP contribution in [-0.4, -0.2) is 43.5 Å². The van der Waals surface area contributed by atoms with E-state index in [9.17, 15) is 0 Å². The van der Waals surface area contributed by atoms with E-state index in [4.69, 9.17) is 4.74 Å². The van der Waals surface area contributed by atoms with E-state index in [0.717, 1.165) is 37.4 Å². The molecule has 2 aromatic rings. The second-order valence-corrected chi connectivity index (χ2v) is 4.74. The largest absolute Gasteiger partial charge is 0.480 e. The van der Waals surface area contributed by atoms with Crippen molar-refractivity contribution >= 4 is 5.69 Å². The summed E-state index contributed by atoms with van der Waals surface area (Å²) in [6.45, 7) is 4.21. The van der Waals surface area contributed by atoms with Gasteiger partial charge in [-0.2, -0.15) is 0 Å². The lowest BCUT2D eigenvalue weighted by Gasteiger charge is -2.29. The molecule has 1 aromatic heterocycles. The van der Waals surface area contributed by atoms with Gasteiger partial charge in [0.05, 0.1) is 12.8 Å². The van der Waals surface area contributed by atoms with Gasteiger partial charge in [-0.15, -0.1) is 10.2 Å². The second kappa shape index (κ2) is 5.88. The first-order valence-corrected chi connectivity index (χ1v) is 6.80. The molecule has 1 aliphatic rings. The van der Waals surface area contributed by atoms with Gasteiger partial charge < -0.3 is 15.0 Å². The van der Waals surface area contributed by atoms with Gasteiger partial charge in [-0.3, -0.25) is 0 Å².